The zero-order valence-corrected chi connectivity index (χ0v) is 14.4. The van der Waals surface area contributed by atoms with Crippen LogP contribution in [-0.4, -0.2) is 57.0 Å². The summed E-state index contributed by atoms with van der Waals surface area (Å²) in [5.74, 6) is 0.907. The minimum Gasteiger partial charge on any atom is -0.351 e. The number of amides is 1. The quantitative estimate of drug-likeness (QED) is 0.841. The van der Waals surface area contributed by atoms with Crippen molar-refractivity contribution in [3.63, 3.8) is 0 Å². The van der Waals surface area contributed by atoms with Crippen LogP contribution < -0.4 is 4.90 Å². The molecule has 7 heteroatoms. The van der Waals surface area contributed by atoms with E-state index in [1.54, 1.807) is 9.58 Å². The molecule has 3 heterocycles. The third kappa shape index (κ3) is 2.44. The Hall–Kier alpha value is -2.44. The van der Waals surface area contributed by atoms with Crippen LogP contribution in [0.4, 0.5) is 5.82 Å². The summed E-state index contributed by atoms with van der Waals surface area (Å²) in [5, 5.41) is 13.0. The number of carbonyl (C=O) groups is 1. The van der Waals surface area contributed by atoms with Gasteiger partial charge in [0.1, 0.15) is 0 Å². The highest BCUT2D eigenvalue weighted by molar-refractivity contribution is 5.92. The fourth-order valence-electron chi connectivity index (χ4n) is 3.37. The Bertz CT molecular complexity index is 773. The minimum atomic E-state index is -0.0246. The molecule has 0 bridgehead atoms. The first-order valence-electron chi connectivity index (χ1n) is 8.41. The molecule has 0 saturated carbocycles. The van der Waals surface area contributed by atoms with E-state index in [4.69, 9.17) is 0 Å². The summed E-state index contributed by atoms with van der Waals surface area (Å²) in [6.07, 6.45) is 3.33. The summed E-state index contributed by atoms with van der Waals surface area (Å²) in [6.45, 7) is 3.53. The molecular formula is C17H22N6O. The normalized spacial score (nSPS) is 16.9. The van der Waals surface area contributed by atoms with Crippen molar-refractivity contribution in [3.05, 3.63) is 34.8 Å². The molecule has 24 heavy (non-hydrogen) atoms. The molecule has 1 aliphatic heterocycles. The van der Waals surface area contributed by atoms with Gasteiger partial charge in [0.2, 0.25) is 0 Å². The van der Waals surface area contributed by atoms with Crippen LogP contribution in [0.3, 0.4) is 0 Å². The van der Waals surface area contributed by atoms with E-state index in [0.717, 1.165) is 43.1 Å². The van der Waals surface area contributed by atoms with Crippen LogP contribution in [0.5, 0.6) is 0 Å². The van der Waals surface area contributed by atoms with E-state index in [1.165, 1.54) is 12.0 Å². The van der Waals surface area contributed by atoms with Gasteiger partial charge in [-0.2, -0.15) is 10.2 Å². The van der Waals surface area contributed by atoms with Gasteiger partial charge in [-0.25, -0.2) is 0 Å². The van der Waals surface area contributed by atoms with Crippen LogP contribution in [0.25, 0.3) is 0 Å². The van der Waals surface area contributed by atoms with Gasteiger partial charge in [0.25, 0.3) is 5.91 Å². The van der Waals surface area contributed by atoms with Gasteiger partial charge < -0.3 is 9.80 Å². The Morgan fingerprint density at radius 3 is 2.75 bits per heavy atom. The van der Waals surface area contributed by atoms with E-state index in [-0.39, 0.29) is 11.9 Å². The fraction of sp³-hybridized carbons (Fsp3) is 0.529. The number of aryl methyl sites for hydroxylation is 4. The highest BCUT2D eigenvalue weighted by Crippen LogP contribution is 2.26. The molecule has 7 nitrogen and oxygen atoms in total. The highest BCUT2D eigenvalue weighted by Gasteiger charge is 2.35. The first kappa shape index (κ1) is 15.1. The van der Waals surface area contributed by atoms with Gasteiger partial charge in [-0.1, -0.05) is 0 Å². The van der Waals surface area contributed by atoms with Crippen LogP contribution in [0.15, 0.2) is 12.1 Å². The molecule has 2 aromatic rings. The molecule has 0 aromatic carbocycles. The third-order valence-electron chi connectivity index (χ3n) is 5.19. The first-order valence-corrected chi connectivity index (χ1v) is 8.41. The predicted molar refractivity (Wildman–Crippen MR) is 90.1 cm³/mol. The summed E-state index contributed by atoms with van der Waals surface area (Å²) < 4.78 is 1.73. The SMILES string of the molecule is Cc1cc(C(=O)N(C)C2CN(c3cc4c(nn3)CCC4)C2)nn1C. The van der Waals surface area contributed by atoms with E-state index >= 15 is 0 Å². The van der Waals surface area contributed by atoms with Crippen molar-refractivity contribution >= 4 is 11.7 Å². The van der Waals surface area contributed by atoms with Crippen molar-refractivity contribution < 1.29 is 4.79 Å². The van der Waals surface area contributed by atoms with Crippen LogP contribution >= 0.6 is 0 Å². The van der Waals surface area contributed by atoms with Crippen molar-refractivity contribution in [3.8, 4) is 0 Å². The molecule has 2 aromatic heterocycles. The average Bonchev–Trinajstić information content (AvgIpc) is 3.11. The van der Waals surface area contributed by atoms with Crippen molar-refractivity contribution in [2.45, 2.75) is 32.2 Å². The van der Waals surface area contributed by atoms with Crippen molar-refractivity contribution in [2.24, 2.45) is 7.05 Å². The molecule has 4 rings (SSSR count). The van der Waals surface area contributed by atoms with E-state index in [0.29, 0.717) is 5.69 Å². The molecule has 126 valence electrons. The van der Waals surface area contributed by atoms with Crippen LogP contribution in [0, 0.1) is 6.92 Å². The van der Waals surface area contributed by atoms with Gasteiger partial charge in [0.05, 0.1) is 11.7 Å². The second-order valence-electron chi connectivity index (χ2n) is 6.80. The molecule has 1 saturated heterocycles. The van der Waals surface area contributed by atoms with E-state index < -0.39 is 0 Å². The Kier molecular flexibility index (Phi) is 3.51. The van der Waals surface area contributed by atoms with Crippen molar-refractivity contribution in [2.75, 3.05) is 25.0 Å². The lowest BCUT2D eigenvalue weighted by molar-refractivity contribution is 0.0698. The zero-order chi connectivity index (χ0) is 16.8. The van der Waals surface area contributed by atoms with Crippen molar-refractivity contribution in [1.29, 1.82) is 0 Å². The number of hydrogen-bond donors (Lipinski definition) is 0. The van der Waals surface area contributed by atoms with Gasteiger partial charge in [0, 0.05) is 32.9 Å². The van der Waals surface area contributed by atoms with E-state index in [1.807, 2.05) is 27.1 Å². The number of anilines is 1. The second kappa shape index (κ2) is 5.58. The smallest absolute Gasteiger partial charge is 0.274 e. The molecule has 0 radical (unpaired) electrons. The topological polar surface area (TPSA) is 67.2 Å². The molecule has 0 unspecified atom stereocenters. The Morgan fingerprint density at radius 1 is 1.25 bits per heavy atom. The summed E-state index contributed by atoms with van der Waals surface area (Å²) in [6, 6.07) is 4.19. The fourth-order valence-corrected chi connectivity index (χ4v) is 3.37. The van der Waals surface area contributed by atoms with Crippen LogP contribution in [-0.2, 0) is 19.9 Å². The van der Waals surface area contributed by atoms with Crippen LogP contribution in [0.1, 0.15) is 33.9 Å². The molecule has 1 fully saturated rings. The Labute approximate surface area is 141 Å². The van der Waals surface area contributed by atoms with E-state index in [9.17, 15) is 4.79 Å². The lowest BCUT2D eigenvalue weighted by Crippen LogP contribution is -2.60. The predicted octanol–water partition coefficient (Wildman–Crippen LogP) is 0.968. The zero-order valence-electron chi connectivity index (χ0n) is 14.4. The van der Waals surface area contributed by atoms with Gasteiger partial charge in [-0.15, -0.1) is 5.10 Å². The lowest BCUT2D eigenvalue weighted by Gasteiger charge is -2.44. The van der Waals surface area contributed by atoms with Gasteiger partial charge in [-0.3, -0.25) is 9.48 Å². The van der Waals surface area contributed by atoms with Gasteiger partial charge >= 0.3 is 0 Å². The summed E-state index contributed by atoms with van der Waals surface area (Å²) in [4.78, 5) is 16.5. The summed E-state index contributed by atoms with van der Waals surface area (Å²) >= 11 is 0. The molecule has 1 amide bonds. The van der Waals surface area contributed by atoms with Gasteiger partial charge in [0.15, 0.2) is 11.5 Å². The molecular weight excluding hydrogens is 304 g/mol. The first-order chi connectivity index (χ1) is 11.5. The largest absolute Gasteiger partial charge is 0.351 e. The third-order valence-corrected chi connectivity index (χ3v) is 5.19. The monoisotopic (exact) mass is 326 g/mol. The number of hydrogen-bond acceptors (Lipinski definition) is 5. The van der Waals surface area contributed by atoms with Gasteiger partial charge in [-0.05, 0) is 43.9 Å². The van der Waals surface area contributed by atoms with Crippen LogP contribution in [0.2, 0.25) is 0 Å². The maximum absolute atomic E-state index is 12.5. The number of likely N-dealkylation sites (N-methyl/N-ethyl adjacent to an activating group) is 1. The summed E-state index contributed by atoms with van der Waals surface area (Å²) in [5.41, 5.74) is 3.97. The number of aromatic nitrogens is 4. The molecule has 0 N–H and O–H groups in total. The maximum atomic E-state index is 12.5. The lowest BCUT2D eigenvalue weighted by atomic mass is 10.1. The highest BCUT2D eigenvalue weighted by atomic mass is 16.2. The molecule has 0 atom stereocenters. The number of carbonyl (C=O) groups excluding carboxylic acids is 1. The summed E-state index contributed by atoms with van der Waals surface area (Å²) in [7, 11) is 3.70. The number of nitrogens with zero attached hydrogens (tertiary/aromatic N) is 6. The van der Waals surface area contributed by atoms with Crippen molar-refractivity contribution in [1.82, 2.24) is 24.9 Å². The van der Waals surface area contributed by atoms with E-state index in [2.05, 4.69) is 26.3 Å². The molecule has 0 spiro atoms. The minimum absolute atomic E-state index is 0.0246. The Balaban J connectivity index is 1.40. The molecule has 2 aliphatic rings. The Morgan fingerprint density at radius 2 is 2.04 bits per heavy atom. The maximum Gasteiger partial charge on any atom is 0.274 e. The number of rotatable bonds is 3. The molecule has 1 aliphatic carbocycles. The number of fused-ring (bicyclic) bond motifs is 1. The average molecular weight is 326 g/mol. The second-order valence-corrected chi connectivity index (χ2v) is 6.80. The standard InChI is InChI=1S/C17H22N6O/c1-11-7-15(20-22(11)3)17(24)21(2)13-9-23(10-13)16-8-12-5-4-6-14(12)18-19-16/h7-8,13H,4-6,9-10H2,1-3H3.